The molecule has 0 fully saturated rings. The van der Waals surface area contributed by atoms with Crippen LogP contribution in [0.2, 0.25) is 0 Å². The van der Waals surface area contributed by atoms with Gasteiger partial charge >= 0.3 is 0 Å². The highest BCUT2D eigenvalue weighted by atomic mass is 35.5. The van der Waals surface area contributed by atoms with E-state index in [0.29, 0.717) is 5.16 Å². The molecule has 1 unspecified atom stereocenters. The van der Waals surface area contributed by atoms with Crippen LogP contribution in [0.15, 0.2) is 11.2 Å². The van der Waals surface area contributed by atoms with Crippen molar-refractivity contribution in [3.63, 3.8) is 0 Å². The maximum atomic E-state index is 5.69. The maximum absolute atomic E-state index is 5.69. The molecule has 1 aliphatic heterocycles. The summed E-state index contributed by atoms with van der Waals surface area (Å²) in [6, 6.07) is 0. The van der Waals surface area contributed by atoms with E-state index < -0.39 is 0 Å². The predicted octanol–water partition coefficient (Wildman–Crippen LogP) is 0.0153. The zero-order valence-electron chi connectivity index (χ0n) is 6.06. The normalized spacial score (nSPS) is 26.0. The molecule has 1 atom stereocenters. The Morgan fingerprint density at radius 2 is 2.40 bits per heavy atom. The van der Waals surface area contributed by atoms with Gasteiger partial charge in [0.1, 0.15) is 12.2 Å². The minimum Gasteiger partial charge on any atom is -0.305 e. The van der Waals surface area contributed by atoms with Crippen molar-refractivity contribution >= 4 is 17.3 Å². The first-order chi connectivity index (χ1) is 4.61. The van der Waals surface area contributed by atoms with Crippen LogP contribution in [-0.2, 0) is 0 Å². The van der Waals surface area contributed by atoms with Gasteiger partial charge in [-0.1, -0.05) is 11.6 Å². The Morgan fingerprint density at radius 1 is 1.80 bits per heavy atom. The summed E-state index contributed by atoms with van der Waals surface area (Å²) < 4.78 is 1.91. The van der Waals surface area contributed by atoms with Crippen molar-refractivity contribution in [3.05, 3.63) is 11.2 Å². The minimum atomic E-state index is -0.197. The Morgan fingerprint density at radius 3 is 2.90 bits per heavy atom. The summed E-state index contributed by atoms with van der Waals surface area (Å²) in [6.07, 6.45) is 1.64. The van der Waals surface area contributed by atoms with Crippen molar-refractivity contribution in [2.45, 2.75) is 13.2 Å². The third-order valence-corrected chi connectivity index (χ3v) is 1.81. The number of nitrogens with one attached hydrogen (secondary N) is 1. The van der Waals surface area contributed by atoms with Gasteiger partial charge in [-0.25, -0.2) is 4.58 Å². The summed E-state index contributed by atoms with van der Waals surface area (Å²) in [5.41, 5.74) is 6.69. The largest absolute Gasteiger partial charge is 0.305 e. The van der Waals surface area contributed by atoms with Gasteiger partial charge in [0, 0.05) is 13.0 Å². The Balaban J connectivity index is 2.92. The summed E-state index contributed by atoms with van der Waals surface area (Å²) in [7, 11) is 1.91. The molecule has 3 nitrogen and oxygen atoms in total. The van der Waals surface area contributed by atoms with E-state index in [-0.39, 0.29) is 6.29 Å². The second-order valence-corrected chi connectivity index (χ2v) is 2.74. The fraction of sp³-hybridized carbons (Fsp3) is 0.500. The van der Waals surface area contributed by atoms with Crippen LogP contribution in [0.1, 0.15) is 6.92 Å². The Kier molecular flexibility index (Phi) is 1.97. The van der Waals surface area contributed by atoms with Crippen LogP contribution < -0.4 is 11.1 Å². The molecule has 0 spiro atoms. The van der Waals surface area contributed by atoms with Crippen LogP contribution in [0.5, 0.6) is 0 Å². The van der Waals surface area contributed by atoms with Gasteiger partial charge in [-0.05, 0) is 0 Å². The molecule has 0 saturated carbocycles. The highest BCUT2D eigenvalue weighted by Crippen LogP contribution is 2.02. The third kappa shape index (κ3) is 1.30. The molecule has 56 valence electrons. The van der Waals surface area contributed by atoms with Gasteiger partial charge in [-0.3, -0.25) is 5.73 Å². The average molecular weight is 161 g/mol. The molecule has 1 heterocycles. The van der Waals surface area contributed by atoms with Crippen LogP contribution in [-0.4, -0.2) is 23.6 Å². The Bertz CT molecular complexity index is 207. The first kappa shape index (κ1) is 7.57. The highest BCUT2D eigenvalue weighted by Gasteiger charge is 2.18. The molecule has 4 heteroatoms. The molecule has 10 heavy (non-hydrogen) atoms. The van der Waals surface area contributed by atoms with E-state index in [1.165, 1.54) is 0 Å². The van der Waals surface area contributed by atoms with Gasteiger partial charge < -0.3 is 5.32 Å². The summed E-state index contributed by atoms with van der Waals surface area (Å²) in [5, 5.41) is 3.47. The number of allylic oxidation sites excluding steroid dienone is 1. The number of hydrogen-bond donors (Lipinski definition) is 2. The fourth-order valence-electron chi connectivity index (χ4n) is 0.784. The lowest BCUT2D eigenvalue weighted by Gasteiger charge is -2.15. The lowest BCUT2D eigenvalue weighted by Crippen LogP contribution is -2.48. The standard InChI is InChI=1S/C6H10ClN3/c1-4-3-5(7)9-6(8)10(4)2/h3,6H,8H2,1-2H3/p+1. The fourth-order valence-corrected chi connectivity index (χ4v) is 1.05. The topological polar surface area (TPSA) is 41.1 Å². The summed E-state index contributed by atoms with van der Waals surface area (Å²) in [5.74, 6) is 0. The van der Waals surface area contributed by atoms with Crippen molar-refractivity contribution < 1.29 is 4.58 Å². The number of rotatable bonds is 0. The van der Waals surface area contributed by atoms with E-state index in [4.69, 9.17) is 17.3 Å². The van der Waals surface area contributed by atoms with E-state index in [2.05, 4.69) is 5.32 Å². The first-order valence-electron chi connectivity index (χ1n) is 3.07. The average Bonchev–Trinajstić information content (AvgIpc) is 1.82. The summed E-state index contributed by atoms with van der Waals surface area (Å²) in [6.45, 7) is 1.96. The monoisotopic (exact) mass is 160 g/mol. The number of halogens is 1. The predicted molar refractivity (Wildman–Crippen MR) is 41.9 cm³/mol. The van der Waals surface area contributed by atoms with Gasteiger partial charge in [-0.2, -0.15) is 0 Å². The van der Waals surface area contributed by atoms with Crippen LogP contribution in [0.4, 0.5) is 0 Å². The molecule has 1 aliphatic rings. The van der Waals surface area contributed by atoms with Gasteiger partial charge in [0.2, 0.25) is 0 Å². The molecular formula is C6H11ClN3+. The zero-order chi connectivity index (χ0) is 7.72. The van der Waals surface area contributed by atoms with Gasteiger partial charge in [0.25, 0.3) is 6.29 Å². The quantitative estimate of drug-likeness (QED) is 0.388. The molecular weight excluding hydrogens is 150 g/mol. The van der Waals surface area contributed by atoms with E-state index >= 15 is 0 Å². The number of nitrogens with zero attached hydrogens (tertiary/aromatic N) is 1. The molecule has 0 bridgehead atoms. The molecule has 1 rings (SSSR count). The van der Waals surface area contributed by atoms with Gasteiger partial charge in [-0.15, -0.1) is 0 Å². The molecule has 0 amide bonds. The van der Waals surface area contributed by atoms with E-state index in [9.17, 15) is 0 Å². The van der Waals surface area contributed by atoms with Crippen molar-refractivity contribution in [1.29, 1.82) is 0 Å². The third-order valence-electron chi connectivity index (χ3n) is 1.59. The number of nitrogens with two attached hydrogens (primary N) is 1. The molecule has 0 aromatic carbocycles. The molecule has 3 N–H and O–H groups in total. The van der Waals surface area contributed by atoms with Gasteiger partial charge in [0.15, 0.2) is 5.71 Å². The second-order valence-electron chi connectivity index (χ2n) is 2.33. The Hall–Kier alpha value is -0.540. The molecule has 0 aliphatic carbocycles. The van der Waals surface area contributed by atoms with E-state index in [1.54, 1.807) is 0 Å². The molecule has 0 aromatic heterocycles. The van der Waals surface area contributed by atoms with Crippen molar-refractivity contribution in [2.24, 2.45) is 5.73 Å². The molecule has 0 saturated heterocycles. The van der Waals surface area contributed by atoms with Crippen molar-refractivity contribution in [3.8, 4) is 0 Å². The van der Waals surface area contributed by atoms with Crippen LogP contribution in [0.25, 0.3) is 0 Å². The summed E-state index contributed by atoms with van der Waals surface area (Å²) in [4.78, 5) is 0. The lowest BCUT2D eigenvalue weighted by atomic mass is 10.3. The Labute approximate surface area is 65.2 Å². The van der Waals surface area contributed by atoms with Crippen molar-refractivity contribution in [2.75, 3.05) is 7.05 Å². The van der Waals surface area contributed by atoms with E-state index in [0.717, 1.165) is 5.71 Å². The van der Waals surface area contributed by atoms with Crippen molar-refractivity contribution in [1.82, 2.24) is 5.32 Å². The van der Waals surface area contributed by atoms with Crippen LogP contribution >= 0.6 is 11.6 Å². The molecule has 0 radical (unpaired) electrons. The lowest BCUT2D eigenvalue weighted by molar-refractivity contribution is -0.543. The number of hydrogen-bond acceptors (Lipinski definition) is 2. The van der Waals surface area contributed by atoms with E-state index in [1.807, 2.05) is 24.6 Å². The minimum absolute atomic E-state index is 0.197. The van der Waals surface area contributed by atoms with Crippen LogP contribution in [0.3, 0.4) is 0 Å². The zero-order valence-corrected chi connectivity index (χ0v) is 6.81. The van der Waals surface area contributed by atoms with Gasteiger partial charge in [0.05, 0.1) is 0 Å². The first-order valence-corrected chi connectivity index (χ1v) is 3.45. The molecule has 0 aromatic rings. The second kappa shape index (κ2) is 2.60. The SMILES string of the molecule is CC1=[N+](C)C(N)NC(Cl)=C1. The highest BCUT2D eigenvalue weighted by molar-refractivity contribution is 6.30. The smallest absolute Gasteiger partial charge is 0.283 e. The van der Waals surface area contributed by atoms with Crippen LogP contribution in [0, 0.1) is 0 Å². The summed E-state index contributed by atoms with van der Waals surface area (Å²) >= 11 is 5.69. The maximum Gasteiger partial charge on any atom is 0.283 e.